The summed E-state index contributed by atoms with van der Waals surface area (Å²) in [5, 5.41) is 0.392. The molecule has 2 aromatic rings. The van der Waals surface area contributed by atoms with Gasteiger partial charge in [-0.15, -0.1) is 0 Å². The van der Waals surface area contributed by atoms with Crippen LogP contribution in [0.4, 0.5) is 4.79 Å². The number of carbonyl (C=O) groups is 2. The molecular formula is C13H13BrN4O4. The molecular weight excluding hydrogens is 356 g/mol. The van der Waals surface area contributed by atoms with Crippen molar-refractivity contribution in [3.05, 3.63) is 39.4 Å². The van der Waals surface area contributed by atoms with Crippen LogP contribution in [0, 0.1) is 0 Å². The number of aromatic nitrogens is 2. The largest absolute Gasteiger partial charge is 0.449 e. The molecule has 0 aliphatic rings. The lowest BCUT2D eigenvalue weighted by atomic mass is 10.2. The van der Waals surface area contributed by atoms with Gasteiger partial charge in [-0.2, -0.15) is 0 Å². The molecule has 1 heterocycles. The summed E-state index contributed by atoms with van der Waals surface area (Å²) in [5.74, 6) is -0.578. The average molecular weight is 369 g/mol. The summed E-state index contributed by atoms with van der Waals surface area (Å²) < 4.78 is 6.48. The van der Waals surface area contributed by atoms with Gasteiger partial charge in [0.05, 0.1) is 23.8 Å². The Kier molecular flexibility index (Phi) is 5.10. The van der Waals surface area contributed by atoms with Crippen LogP contribution in [0.5, 0.6) is 0 Å². The third kappa shape index (κ3) is 3.82. The molecule has 0 saturated carbocycles. The van der Waals surface area contributed by atoms with E-state index in [-0.39, 0.29) is 18.7 Å². The first-order valence-corrected chi connectivity index (χ1v) is 7.17. The fourth-order valence-corrected chi connectivity index (χ4v) is 2.09. The molecule has 0 atom stereocenters. The van der Waals surface area contributed by atoms with E-state index in [1.807, 2.05) is 0 Å². The number of amides is 2. The van der Waals surface area contributed by atoms with Gasteiger partial charge in [-0.1, -0.05) is 15.9 Å². The standard InChI is InChI=1S/C13H13BrN4O4/c1-2-22-13(21)17-16-11(19)6-18-7-15-10-4-3-8(14)5-9(10)12(18)20/h3-5,7H,2,6H2,1H3,(H,16,19)(H,17,21). The Labute approximate surface area is 133 Å². The number of hydrogen-bond acceptors (Lipinski definition) is 5. The van der Waals surface area contributed by atoms with Crippen LogP contribution < -0.4 is 16.4 Å². The maximum atomic E-state index is 12.3. The molecule has 1 aromatic carbocycles. The molecule has 9 heteroatoms. The molecule has 0 fully saturated rings. The highest BCUT2D eigenvalue weighted by Gasteiger charge is 2.09. The van der Waals surface area contributed by atoms with Gasteiger partial charge in [0, 0.05) is 4.47 Å². The smallest absolute Gasteiger partial charge is 0.426 e. The number of hydrazine groups is 1. The van der Waals surface area contributed by atoms with Crippen molar-refractivity contribution in [2.75, 3.05) is 6.61 Å². The molecule has 0 unspecified atom stereocenters. The predicted molar refractivity (Wildman–Crippen MR) is 82.0 cm³/mol. The van der Waals surface area contributed by atoms with Crippen LogP contribution >= 0.6 is 15.9 Å². The van der Waals surface area contributed by atoms with E-state index in [0.717, 1.165) is 9.04 Å². The fraction of sp³-hybridized carbons (Fsp3) is 0.231. The Bertz CT molecular complexity index is 774. The van der Waals surface area contributed by atoms with Crippen molar-refractivity contribution in [3.8, 4) is 0 Å². The van der Waals surface area contributed by atoms with Crippen LogP contribution in [-0.4, -0.2) is 28.2 Å². The molecule has 116 valence electrons. The van der Waals surface area contributed by atoms with Crippen LogP contribution in [0.3, 0.4) is 0 Å². The Morgan fingerprint density at radius 2 is 2.14 bits per heavy atom. The van der Waals surface area contributed by atoms with Crippen molar-refractivity contribution in [2.24, 2.45) is 0 Å². The van der Waals surface area contributed by atoms with Gasteiger partial charge < -0.3 is 4.74 Å². The topological polar surface area (TPSA) is 102 Å². The monoisotopic (exact) mass is 368 g/mol. The van der Waals surface area contributed by atoms with E-state index >= 15 is 0 Å². The van der Waals surface area contributed by atoms with Gasteiger partial charge in [-0.25, -0.2) is 15.2 Å². The number of benzene rings is 1. The van der Waals surface area contributed by atoms with Crippen LogP contribution in [0.2, 0.25) is 0 Å². The molecule has 1 aromatic heterocycles. The Balaban J connectivity index is 2.11. The number of nitrogens with one attached hydrogen (secondary N) is 2. The average Bonchev–Trinajstić information content (AvgIpc) is 2.49. The van der Waals surface area contributed by atoms with Gasteiger partial charge in [-0.05, 0) is 25.1 Å². The summed E-state index contributed by atoms with van der Waals surface area (Å²) in [7, 11) is 0. The first-order chi connectivity index (χ1) is 10.5. The third-order valence-corrected chi connectivity index (χ3v) is 3.17. The fourth-order valence-electron chi connectivity index (χ4n) is 1.73. The number of rotatable bonds is 3. The molecule has 0 aliphatic heterocycles. The van der Waals surface area contributed by atoms with Crippen molar-refractivity contribution >= 4 is 38.8 Å². The third-order valence-electron chi connectivity index (χ3n) is 2.68. The molecule has 0 spiro atoms. The number of halogens is 1. The number of carbonyl (C=O) groups excluding carboxylic acids is 2. The van der Waals surface area contributed by atoms with Gasteiger partial charge in [0.2, 0.25) is 0 Å². The number of fused-ring (bicyclic) bond motifs is 1. The minimum Gasteiger partial charge on any atom is -0.449 e. The first-order valence-electron chi connectivity index (χ1n) is 6.37. The van der Waals surface area contributed by atoms with Crippen molar-refractivity contribution < 1.29 is 14.3 Å². The molecule has 0 radical (unpaired) electrons. The van der Waals surface area contributed by atoms with E-state index in [1.54, 1.807) is 25.1 Å². The van der Waals surface area contributed by atoms with Gasteiger partial charge in [0.15, 0.2) is 0 Å². The minimum atomic E-state index is -0.774. The van der Waals surface area contributed by atoms with E-state index in [1.165, 1.54) is 6.33 Å². The molecule has 0 saturated heterocycles. The summed E-state index contributed by atoms with van der Waals surface area (Å²) in [6.07, 6.45) is 0.506. The molecule has 2 N–H and O–H groups in total. The van der Waals surface area contributed by atoms with Gasteiger partial charge in [0.1, 0.15) is 6.54 Å². The summed E-state index contributed by atoms with van der Waals surface area (Å²) in [5.41, 5.74) is 4.39. The van der Waals surface area contributed by atoms with Crippen molar-refractivity contribution in [1.82, 2.24) is 20.4 Å². The van der Waals surface area contributed by atoms with Crippen molar-refractivity contribution in [2.45, 2.75) is 13.5 Å². The van der Waals surface area contributed by atoms with Crippen LogP contribution in [0.1, 0.15) is 6.92 Å². The van der Waals surface area contributed by atoms with Gasteiger partial charge in [0.25, 0.3) is 11.5 Å². The van der Waals surface area contributed by atoms with Crippen molar-refractivity contribution in [1.29, 1.82) is 0 Å². The second kappa shape index (κ2) is 7.03. The highest BCUT2D eigenvalue weighted by Crippen LogP contribution is 2.14. The number of hydrogen-bond donors (Lipinski definition) is 2. The zero-order chi connectivity index (χ0) is 16.1. The predicted octanol–water partition coefficient (Wildman–Crippen LogP) is 0.936. The quantitative estimate of drug-likeness (QED) is 0.784. The molecule has 0 aliphatic carbocycles. The summed E-state index contributed by atoms with van der Waals surface area (Å²) in [6.45, 7) is 1.55. The Hall–Kier alpha value is -2.42. The molecule has 0 bridgehead atoms. The van der Waals surface area contributed by atoms with Crippen LogP contribution in [0.25, 0.3) is 10.9 Å². The van der Waals surface area contributed by atoms with Crippen molar-refractivity contribution in [3.63, 3.8) is 0 Å². The van der Waals surface area contributed by atoms with E-state index in [9.17, 15) is 14.4 Å². The van der Waals surface area contributed by atoms with Crippen LogP contribution in [0.15, 0.2) is 33.8 Å². The zero-order valence-electron chi connectivity index (χ0n) is 11.6. The molecule has 2 amide bonds. The lowest BCUT2D eigenvalue weighted by Gasteiger charge is -2.09. The second-order valence-corrected chi connectivity index (χ2v) is 5.15. The van der Waals surface area contributed by atoms with Gasteiger partial charge in [-0.3, -0.25) is 19.6 Å². The Morgan fingerprint density at radius 1 is 1.36 bits per heavy atom. The van der Waals surface area contributed by atoms with E-state index < -0.39 is 12.0 Å². The highest BCUT2D eigenvalue weighted by atomic mass is 79.9. The summed E-state index contributed by atoms with van der Waals surface area (Å²) in [4.78, 5) is 39.1. The maximum absolute atomic E-state index is 12.3. The zero-order valence-corrected chi connectivity index (χ0v) is 13.2. The molecule has 2 rings (SSSR count). The van der Waals surface area contributed by atoms with E-state index in [2.05, 4.69) is 36.5 Å². The lowest BCUT2D eigenvalue weighted by Crippen LogP contribution is -2.44. The maximum Gasteiger partial charge on any atom is 0.426 e. The first kappa shape index (κ1) is 16.0. The second-order valence-electron chi connectivity index (χ2n) is 4.23. The summed E-state index contributed by atoms with van der Waals surface area (Å²) in [6, 6.07) is 5.11. The summed E-state index contributed by atoms with van der Waals surface area (Å²) >= 11 is 3.28. The van der Waals surface area contributed by atoms with E-state index in [0.29, 0.717) is 10.9 Å². The van der Waals surface area contributed by atoms with Gasteiger partial charge >= 0.3 is 6.09 Å². The molecule has 8 nitrogen and oxygen atoms in total. The number of nitrogens with zero attached hydrogens (tertiary/aromatic N) is 2. The SMILES string of the molecule is CCOC(=O)NNC(=O)Cn1cnc2ccc(Br)cc2c1=O. The number of ether oxygens (including phenoxy) is 1. The Morgan fingerprint density at radius 3 is 2.86 bits per heavy atom. The highest BCUT2D eigenvalue weighted by molar-refractivity contribution is 9.10. The normalized spacial score (nSPS) is 10.3. The minimum absolute atomic E-state index is 0.185. The van der Waals surface area contributed by atoms with Crippen LogP contribution in [-0.2, 0) is 16.1 Å². The lowest BCUT2D eigenvalue weighted by molar-refractivity contribution is -0.122. The van der Waals surface area contributed by atoms with E-state index in [4.69, 9.17) is 0 Å². The molecule has 22 heavy (non-hydrogen) atoms.